The fourth-order valence-corrected chi connectivity index (χ4v) is 4.05. The lowest BCUT2D eigenvalue weighted by molar-refractivity contribution is -0.144. The van der Waals surface area contributed by atoms with Gasteiger partial charge in [0.25, 0.3) is 0 Å². The largest absolute Gasteiger partial charge is 0.481 e. The van der Waals surface area contributed by atoms with Crippen LogP contribution in [0.2, 0.25) is 0 Å². The molecule has 0 amide bonds. The zero-order valence-corrected chi connectivity index (χ0v) is 17.5. The van der Waals surface area contributed by atoms with E-state index in [4.69, 9.17) is 0 Å². The van der Waals surface area contributed by atoms with Gasteiger partial charge in [0.2, 0.25) is 0 Å². The van der Waals surface area contributed by atoms with E-state index in [2.05, 4.69) is 27.7 Å². The standard InChI is InChI=1S/C22H42O4/c1-5-9-11-17(7-3)13-19(16-21(23)24)15-20(22(25)26)14-18(8-4)12-10-6-2/h17-20H,5-16H2,1-4H3,(H,23,24)(H,25,26). The number of carboxylic acids is 2. The lowest BCUT2D eigenvalue weighted by Crippen LogP contribution is -2.24. The molecular formula is C22H42O4. The topological polar surface area (TPSA) is 74.6 Å². The van der Waals surface area contributed by atoms with Crippen molar-refractivity contribution in [3.63, 3.8) is 0 Å². The highest BCUT2D eigenvalue weighted by Gasteiger charge is 2.28. The fourth-order valence-electron chi connectivity index (χ4n) is 4.05. The minimum Gasteiger partial charge on any atom is -0.481 e. The molecule has 4 unspecified atom stereocenters. The Hall–Kier alpha value is -1.06. The Labute approximate surface area is 160 Å². The van der Waals surface area contributed by atoms with Crippen molar-refractivity contribution >= 4 is 11.9 Å². The first-order valence-corrected chi connectivity index (χ1v) is 10.8. The van der Waals surface area contributed by atoms with E-state index >= 15 is 0 Å². The van der Waals surface area contributed by atoms with Crippen LogP contribution in [-0.4, -0.2) is 22.2 Å². The van der Waals surface area contributed by atoms with Gasteiger partial charge in [-0.3, -0.25) is 9.59 Å². The summed E-state index contributed by atoms with van der Waals surface area (Å²) in [5.74, 6) is -1.05. The van der Waals surface area contributed by atoms with Crippen molar-refractivity contribution in [1.82, 2.24) is 0 Å². The predicted molar refractivity (Wildman–Crippen MR) is 107 cm³/mol. The average Bonchev–Trinajstić information content (AvgIpc) is 2.60. The number of aliphatic carboxylic acids is 2. The van der Waals surface area contributed by atoms with Crippen LogP contribution in [0.4, 0.5) is 0 Å². The molecule has 4 heteroatoms. The van der Waals surface area contributed by atoms with E-state index in [-0.39, 0.29) is 12.3 Å². The zero-order chi connectivity index (χ0) is 19.9. The maximum Gasteiger partial charge on any atom is 0.306 e. The maximum absolute atomic E-state index is 11.8. The smallest absolute Gasteiger partial charge is 0.306 e. The molecular weight excluding hydrogens is 328 g/mol. The fraction of sp³-hybridized carbons (Fsp3) is 0.909. The first-order chi connectivity index (χ1) is 12.4. The Balaban J connectivity index is 4.96. The van der Waals surface area contributed by atoms with Crippen molar-refractivity contribution in [2.45, 2.75) is 105 Å². The number of hydrogen-bond donors (Lipinski definition) is 2. The number of hydrogen-bond acceptors (Lipinski definition) is 2. The number of unbranched alkanes of at least 4 members (excludes halogenated alkanes) is 2. The molecule has 0 radical (unpaired) electrons. The lowest BCUT2D eigenvalue weighted by atomic mass is 9.79. The molecule has 4 atom stereocenters. The van der Waals surface area contributed by atoms with E-state index in [0.29, 0.717) is 24.7 Å². The molecule has 0 heterocycles. The summed E-state index contributed by atoms with van der Waals surface area (Å²) in [4.78, 5) is 23.1. The lowest BCUT2D eigenvalue weighted by Gasteiger charge is -2.26. The second kappa shape index (κ2) is 15.0. The van der Waals surface area contributed by atoms with Gasteiger partial charge < -0.3 is 10.2 Å². The van der Waals surface area contributed by atoms with Gasteiger partial charge in [0.15, 0.2) is 0 Å². The summed E-state index contributed by atoms with van der Waals surface area (Å²) < 4.78 is 0. The molecule has 0 bridgehead atoms. The number of carboxylic acid groups (broad SMARTS) is 2. The third kappa shape index (κ3) is 11.5. The van der Waals surface area contributed by atoms with E-state index < -0.39 is 17.9 Å². The van der Waals surface area contributed by atoms with Crippen molar-refractivity contribution in [3.05, 3.63) is 0 Å². The van der Waals surface area contributed by atoms with Gasteiger partial charge in [-0.25, -0.2) is 0 Å². The molecule has 0 spiro atoms. The van der Waals surface area contributed by atoms with Crippen molar-refractivity contribution < 1.29 is 19.8 Å². The van der Waals surface area contributed by atoms with Crippen molar-refractivity contribution in [2.24, 2.45) is 23.7 Å². The molecule has 0 aromatic rings. The first kappa shape index (κ1) is 24.9. The van der Waals surface area contributed by atoms with E-state index in [1.807, 2.05) is 0 Å². The summed E-state index contributed by atoms with van der Waals surface area (Å²) in [5, 5.41) is 19.0. The molecule has 154 valence electrons. The third-order valence-electron chi connectivity index (χ3n) is 5.80. The van der Waals surface area contributed by atoms with Gasteiger partial charge in [-0.05, 0) is 37.0 Å². The summed E-state index contributed by atoms with van der Waals surface area (Å²) >= 11 is 0. The molecule has 0 fully saturated rings. The second-order valence-corrected chi connectivity index (χ2v) is 8.04. The van der Waals surface area contributed by atoms with Gasteiger partial charge in [0, 0.05) is 6.42 Å². The number of carbonyl (C=O) groups is 2. The number of rotatable bonds is 17. The molecule has 0 aromatic carbocycles. The molecule has 0 aliphatic carbocycles. The Morgan fingerprint density at radius 2 is 1.19 bits per heavy atom. The quantitative estimate of drug-likeness (QED) is 0.311. The highest BCUT2D eigenvalue weighted by Crippen LogP contribution is 2.32. The van der Waals surface area contributed by atoms with Crippen molar-refractivity contribution in [1.29, 1.82) is 0 Å². The third-order valence-corrected chi connectivity index (χ3v) is 5.80. The summed E-state index contributed by atoms with van der Waals surface area (Å²) in [6.07, 6.45) is 11.0. The average molecular weight is 371 g/mol. The summed E-state index contributed by atoms with van der Waals surface area (Å²) in [6, 6.07) is 0. The molecule has 0 rings (SSSR count). The Kier molecular flexibility index (Phi) is 14.4. The Morgan fingerprint density at radius 3 is 1.58 bits per heavy atom. The van der Waals surface area contributed by atoms with Gasteiger partial charge in [-0.15, -0.1) is 0 Å². The molecule has 0 aliphatic rings. The summed E-state index contributed by atoms with van der Waals surface area (Å²) in [5.41, 5.74) is 0. The maximum atomic E-state index is 11.8. The Morgan fingerprint density at radius 1 is 0.731 bits per heavy atom. The van der Waals surface area contributed by atoms with E-state index in [1.165, 1.54) is 0 Å². The first-order valence-electron chi connectivity index (χ1n) is 10.8. The van der Waals surface area contributed by atoms with Crippen LogP contribution < -0.4 is 0 Å². The van der Waals surface area contributed by atoms with E-state index in [0.717, 1.165) is 57.8 Å². The molecule has 0 saturated heterocycles. The van der Waals surface area contributed by atoms with Gasteiger partial charge in [-0.1, -0.05) is 79.1 Å². The van der Waals surface area contributed by atoms with Crippen LogP contribution in [0.5, 0.6) is 0 Å². The van der Waals surface area contributed by atoms with Crippen LogP contribution in [0.3, 0.4) is 0 Å². The van der Waals surface area contributed by atoms with Gasteiger partial charge >= 0.3 is 11.9 Å². The molecule has 4 nitrogen and oxygen atoms in total. The predicted octanol–water partition coefficient (Wildman–Crippen LogP) is 6.38. The van der Waals surface area contributed by atoms with Crippen LogP contribution in [0, 0.1) is 23.7 Å². The molecule has 0 aliphatic heterocycles. The second-order valence-electron chi connectivity index (χ2n) is 8.04. The van der Waals surface area contributed by atoms with Gasteiger partial charge in [-0.2, -0.15) is 0 Å². The minimum absolute atomic E-state index is 0.0286. The van der Waals surface area contributed by atoms with Crippen LogP contribution in [0.25, 0.3) is 0 Å². The van der Waals surface area contributed by atoms with Crippen molar-refractivity contribution in [2.75, 3.05) is 0 Å². The monoisotopic (exact) mass is 370 g/mol. The highest BCUT2D eigenvalue weighted by atomic mass is 16.4. The van der Waals surface area contributed by atoms with Crippen LogP contribution in [-0.2, 0) is 9.59 Å². The Bertz CT molecular complexity index is 380. The van der Waals surface area contributed by atoms with Crippen LogP contribution >= 0.6 is 0 Å². The molecule has 26 heavy (non-hydrogen) atoms. The SMILES string of the molecule is CCCCC(CC)CC(CC(=O)O)CC(CC(CC)CCCC)C(=O)O. The normalized spacial score (nSPS) is 16.0. The zero-order valence-electron chi connectivity index (χ0n) is 17.5. The van der Waals surface area contributed by atoms with Gasteiger partial charge in [0.1, 0.15) is 0 Å². The van der Waals surface area contributed by atoms with E-state index in [1.54, 1.807) is 0 Å². The van der Waals surface area contributed by atoms with Gasteiger partial charge in [0.05, 0.1) is 5.92 Å². The summed E-state index contributed by atoms with van der Waals surface area (Å²) in [6.45, 7) is 8.62. The molecule has 0 aromatic heterocycles. The van der Waals surface area contributed by atoms with Crippen molar-refractivity contribution in [3.8, 4) is 0 Å². The molecule has 2 N–H and O–H groups in total. The summed E-state index contributed by atoms with van der Waals surface area (Å²) in [7, 11) is 0. The molecule has 0 saturated carbocycles. The van der Waals surface area contributed by atoms with E-state index in [9.17, 15) is 19.8 Å². The highest BCUT2D eigenvalue weighted by molar-refractivity contribution is 5.70. The van der Waals surface area contributed by atoms with Crippen LogP contribution in [0.15, 0.2) is 0 Å². The minimum atomic E-state index is -0.803. The van der Waals surface area contributed by atoms with Crippen LogP contribution in [0.1, 0.15) is 105 Å².